The summed E-state index contributed by atoms with van der Waals surface area (Å²) in [5, 5.41) is 1.04. The molecule has 0 unspecified atom stereocenters. The van der Waals surface area contributed by atoms with Gasteiger partial charge >= 0.3 is 0 Å². The van der Waals surface area contributed by atoms with E-state index < -0.39 is 0 Å². The Balaban J connectivity index is 1.15. The van der Waals surface area contributed by atoms with Gasteiger partial charge in [0.1, 0.15) is 5.75 Å². The molecule has 1 atom stereocenters. The van der Waals surface area contributed by atoms with Crippen molar-refractivity contribution in [3.05, 3.63) is 54.2 Å². The van der Waals surface area contributed by atoms with Crippen LogP contribution in [0.25, 0.3) is 10.9 Å². The van der Waals surface area contributed by atoms with Gasteiger partial charge in [-0.15, -0.1) is 0 Å². The highest BCUT2D eigenvalue weighted by Gasteiger charge is 2.27. The molecule has 2 aliphatic heterocycles. The highest BCUT2D eigenvalue weighted by molar-refractivity contribution is 5.82. The fourth-order valence-corrected chi connectivity index (χ4v) is 4.44. The fraction of sp³-hybridized carbons (Fsp3) is 0.360. The lowest BCUT2D eigenvalue weighted by atomic mass is 9.92. The molecule has 2 aliphatic rings. The molecule has 166 valence electrons. The van der Waals surface area contributed by atoms with Crippen LogP contribution in [-0.4, -0.2) is 42.3 Å². The van der Waals surface area contributed by atoms with E-state index >= 15 is 0 Å². The third-order valence-corrected chi connectivity index (χ3v) is 6.09. The van der Waals surface area contributed by atoms with E-state index in [1.807, 2.05) is 53.4 Å². The molecule has 1 amide bonds. The number of ether oxygens (including phenoxy) is 3. The van der Waals surface area contributed by atoms with Gasteiger partial charge in [0.25, 0.3) is 0 Å². The lowest BCUT2D eigenvalue weighted by molar-refractivity contribution is -0.132. The van der Waals surface area contributed by atoms with Crippen LogP contribution < -0.4 is 19.9 Å². The van der Waals surface area contributed by atoms with Gasteiger partial charge in [-0.05, 0) is 43.5 Å². The maximum Gasteiger partial charge on any atom is 0.231 e. The summed E-state index contributed by atoms with van der Waals surface area (Å²) in [6.07, 6.45) is 3.06. The second-order valence-electron chi connectivity index (χ2n) is 8.30. The normalized spacial score (nSPS) is 17.5. The molecule has 2 aromatic carbocycles. The number of pyridine rings is 1. The predicted molar refractivity (Wildman–Crippen MR) is 122 cm³/mol. The van der Waals surface area contributed by atoms with E-state index in [9.17, 15) is 4.79 Å². The highest BCUT2D eigenvalue weighted by Crippen LogP contribution is 2.35. The van der Waals surface area contributed by atoms with Crippen LogP contribution >= 0.6 is 0 Å². The Morgan fingerprint density at radius 2 is 2.03 bits per heavy atom. The van der Waals surface area contributed by atoms with Crippen molar-refractivity contribution < 1.29 is 19.0 Å². The molecule has 32 heavy (non-hydrogen) atoms. The second-order valence-corrected chi connectivity index (χ2v) is 8.30. The van der Waals surface area contributed by atoms with Crippen LogP contribution in [0, 0.1) is 0 Å². The van der Waals surface area contributed by atoms with Crippen molar-refractivity contribution in [2.75, 3.05) is 32.2 Å². The van der Waals surface area contributed by atoms with Gasteiger partial charge < -0.3 is 24.8 Å². The zero-order valence-corrected chi connectivity index (χ0v) is 18.0. The molecule has 5 rings (SSSR count). The van der Waals surface area contributed by atoms with Crippen molar-refractivity contribution in [3.8, 4) is 17.2 Å². The Kier molecular flexibility index (Phi) is 5.71. The topological polar surface area (TPSA) is 86.9 Å². The first-order chi connectivity index (χ1) is 15.7. The van der Waals surface area contributed by atoms with Crippen LogP contribution in [-0.2, 0) is 4.79 Å². The highest BCUT2D eigenvalue weighted by atomic mass is 16.7. The summed E-state index contributed by atoms with van der Waals surface area (Å²) in [5.74, 6) is 2.47. The monoisotopic (exact) mass is 433 g/mol. The number of rotatable bonds is 6. The summed E-state index contributed by atoms with van der Waals surface area (Å²) in [6, 6.07) is 15.5. The molecule has 1 saturated heterocycles. The summed E-state index contributed by atoms with van der Waals surface area (Å²) in [7, 11) is 0. The number of amides is 1. The molecule has 7 nitrogen and oxygen atoms in total. The number of para-hydroxylation sites is 1. The molecule has 3 aromatic rings. The van der Waals surface area contributed by atoms with Crippen molar-refractivity contribution >= 4 is 22.5 Å². The van der Waals surface area contributed by atoms with Gasteiger partial charge in [0, 0.05) is 36.9 Å². The maximum absolute atomic E-state index is 12.8. The molecule has 2 N–H and O–H groups in total. The molecule has 1 fully saturated rings. The predicted octanol–water partition coefficient (Wildman–Crippen LogP) is 4.11. The van der Waals surface area contributed by atoms with E-state index in [1.54, 1.807) is 0 Å². The first-order valence-corrected chi connectivity index (χ1v) is 11.1. The van der Waals surface area contributed by atoms with Gasteiger partial charge in [-0.2, -0.15) is 0 Å². The molecule has 0 radical (unpaired) electrons. The molecular formula is C25H27N3O4. The molecule has 0 spiro atoms. The zero-order valence-electron chi connectivity index (χ0n) is 18.0. The van der Waals surface area contributed by atoms with Gasteiger partial charge in [-0.25, -0.2) is 0 Å². The third-order valence-electron chi connectivity index (χ3n) is 6.09. The van der Waals surface area contributed by atoms with Crippen LogP contribution in [0.4, 0.5) is 5.69 Å². The number of aromatic nitrogens is 1. The summed E-state index contributed by atoms with van der Waals surface area (Å²) in [6.45, 7) is 2.16. The standard InChI is InChI=1S/C25H27N3O4/c26-20-13-17-5-1-2-7-21(17)27-25(20)18-6-3-11-28(15-18)24(29)8-4-12-30-19-9-10-22-23(14-19)32-16-31-22/h1-2,5,7,9-10,13-14,18H,3-4,6,8,11-12,15-16,26H2/t18-/m1/s1. The number of nitrogen functional groups attached to an aromatic ring is 1. The van der Waals surface area contributed by atoms with Crippen LogP contribution in [0.2, 0.25) is 0 Å². The number of nitrogens with zero attached hydrogens (tertiary/aromatic N) is 2. The minimum atomic E-state index is 0.156. The van der Waals surface area contributed by atoms with Crippen LogP contribution in [0.3, 0.4) is 0 Å². The third kappa shape index (κ3) is 4.28. The first kappa shape index (κ1) is 20.4. The smallest absolute Gasteiger partial charge is 0.231 e. The minimum Gasteiger partial charge on any atom is -0.493 e. The lowest BCUT2D eigenvalue weighted by Gasteiger charge is -2.33. The number of piperidine rings is 1. The summed E-state index contributed by atoms with van der Waals surface area (Å²) in [4.78, 5) is 19.6. The maximum atomic E-state index is 12.8. The number of carbonyl (C=O) groups excluding carboxylic acids is 1. The quantitative estimate of drug-likeness (QED) is 0.589. The zero-order chi connectivity index (χ0) is 21.9. The molecule has 1 aromatic heterocycles. The largest absolute Gasteiger partial charge is 0.493 e. The Hall–Kier alpha value is -3.48. The summed E-state index contributed by atoms with van der Waals surface area (Å²) in [5.41, 5.74) is 8.89. The van der Waals surface area contributed by atoms with Crippen molar-refractivity contribution in [2.24, 2.45) is 0 Å². The van der Waals surface area contributed by atoms with Crippen molar-refractivity contribution in [1.82, 2.24) is 9.88 Å². The fourth-order valence-electron chi connectivity index (χ4n) is 4.44. The molecular weight excluding hydrogens is 406 g/mol. The number of hydrogen-bond acceptors (Lipinski definition) is 6. The van der Waals surface area contributed by atoms with Gasteiger partial charge in [-0.3, -0.25) is 9.78 Å². The first-order valence-electron chi connectivity index (χ1n) is 11.1. The number of nitrogens with two attached hydrogens (primary N) is 1. The number of anilines is 1. The Labute approximate surface area is 187 Å². The van der Waals surface area contributed by atoms with Crippen LogP contribution in [0.1, 0.15) is 37.3 Å². The Morgan fingerprint density at radius 1 is 1.16 bits per heavy atom. The molecule has 7 heteroatoms. The van der Waals surface area contributed by atoms with Crippen molar-refractivity contribution in [1.29, 1.82) is 0 Å². The van der Waals surface area contributed by atoms with E-state index in [0.717, 1.165) is 47.5 Å². The summed E-state index contributed by atoms with van der Waals surface area (Å²) < 4.78 is 16.5. The number of likely N-dealkylation sites (tertiary alicyclic amines) is 1. The average Bonchev–Trinajstić information content (AvgIpc) is 3.29. The van der Waals surface area contributed by atoms with E-state index in [0.29, 0.717) is 37.4 Å². The van der Waals surface area contributed by atoms with E-state index in [2.05, 4.69) is 0 Å². The van der Waals surface area contributed by atoms with Gasteiger partial charge in [0.2, 0.25) is 12.7 Å². The number of benzene rings is 2. The van der Waals surface area contributed by atoms with Crippen molar-refractivity contribution in [2.45, 2.75) is 31.6 Å². The van der Waals surface area contributed by atoms with E-state index in [4.69, 9.17) is 24.9 Å². The molecule has 0 saturated carbocycles. The van der Waals surface area contributed by atoms with Crippen LogP contribution in [0.5, 0.6) is 17.2 Å². The number of fused-ring (bicyclic) bond motifs is 2. The molecule has 3 heterocycles. The van der Waals surface area contributed by atoms with Crippen LogP contribution in [0.15, 0.2) is 48.5 Å². The Bertz CT molecular complexity index is 1130. The van der Waals surface area contributed by atoms with Gasteiger partial charge in [0.05, 0.1) is 23.5 Å². The SMILES string of the molecule is Nc1cc2ccccc2nc1[C@@H]1CCCN(C(=O)CCCOc2ccc3c(c2)OCO3)C1. The van der Waals surface area contributed by atoms with Gasteiger partial charge in [-0.1, -0.05) is 18.2 Å². The average molecular weight is 434 g/mol. The molecule has 0 aliphatic carbocycles. The Morgan fingerprint density at radius 3 is 2.97 bits per heavy atom. The van der Waals surface area contributed by atoms with E-state index in [-0.39, 0.29) is 18.6 Å². The lowest BCUT2D eigenvalue weighted by Crippen LogP contribution is -2.39. The minimum absolute atomic E-state index is 0.156. The van der Waals surface area contributed by atoms with Crippen molar-refractivity contribution in [3.63, 3.8) is 0 Å². The summed E-state index contributed by atoms with van der Waals surface area (Å²) >= 11 is 0. The second kappa shape index (κ2) is 8.94. The molecule has 0 bridgehead atoms. The number of carbonyl (C=O) groups is 1. The number of hydrogen-bond donors (Lipinski definition) is 1. The van der Waals surface area contributed by atoms with Gasteiger partial charge in [0.15, 0.2) is 11.5 Å². The van der Waals surface area contributed by atoms with E-state index in [1.165, 1.54) is 0 Å².